The number of thioether (sulfide) groups is 1. The fourth-order valence-electron chi connectivity index (χ4n) is 2.10. The maximum Gasteiger partial charge on any atom is 0.176 e. The lowest BCUT2D eigenvalue weighted by Gasteiger charge is -2.33. The number of hydrogen-bond donors (Lipinski definition) is 0. The average molecular weight is 334 g/mol. The van der Waals surface area contributed by atoms with E-state index in [1.807, 2.05) is 0 Å². The summed E-state index contributed by atoms with van der Waals surface area (Å²) in [5, 5.41) is 0.00225. The van der Waals surface area contributed by atoms with Crippen LogP contribution in [0.3, 0.4) is 0 Å². The summed E-state index contributed by atoms with van der Waals surface area (Å²) in [5.41, 5.74) is 0.555. The first-order valence-corrected chi connectivity index (χ1v) is 9.66. The Morgan fingerprint density at radius 3 is 2.65 bits per heavy atom. The molecule has 7 heteroatoms. The monoisotopic (exact) mass is 333 g/mol. The van der Waals surface area contributed by atoms with E-state index >= 15 is 0 Å². The Bertz CT molecular complexity index is 586. The van der Waals surface area contributed by atoms with Crippen molar-refractivity contribution in [3.05, 3.63) is 34.9 Å². The molecule has 1 heterocycles. The van der Waals surface area contributed by atoms with Crippen LogP contribution >= 0.6 is 23.4 Å². The van der Waals surface area contributed by atoms with Gasteiger partial charge in [-0.25, -0.2) is 8.42 Å². The number of halogens is 1. The summed E-state index contributed by atoms with van der Waals surface area (Å²) in [6.45, 7) is 0.738. The lowest BCUT2D eigenvalue weighted by Crippen LogP contribution is -2.48. The van der Waals surface area contributed by atoms with E-state index in [2.05, 4.69) is 0 Å². The van der Waals surface area contributed by atoms with Crippen LogP contribution in [-0.4, -0.2) is 55.3 Å². The number of ketones is 1. The molecule has 0 bridgehead atoms. The van der Waals surface area contributed by atoms with Crippen molar-refractivity contribution in [1.82, 2.24) is 4.90 Å². The second-order valence-electron chi connectivity index (χ2n) is 4.76. The van der Waals surface area contributed by atoms with Crippen LogP contribution in [-0.2, 0) is 9.84 Å². The van der Waals surface area contributed by atoms with Gasteiger partial charge >= 0.3 is 0 Å². The highest BCUT2D eigenvalue weighted by Crippen LogP contribution is 2.21. The predicted octanol–water partition coefficient (Wildman–Crippen LogP) is 1.94. The molecule has 4 nitrogen and oxygen atoms in total. The number of Topliss-reactive ketones (excluding diaryl/α,β-unsaturated/α-hetero) is 1. The van der Waals surface area contributed by atoms with Gasteiger partial charge in [0.15, 0.2) is 15.6 Å². The van der Waals surface area contributed by atoms with Gasteiger partial charge in [0.25, 0.3) is 0 Å². The Hall–Kier alpha value is -0.560. The van der Waals surface area contributed by atoms with E-state index in [-0.39, 0.29) is 12.3 Å². The van der Waals surface area contributed by atoms with Gasteiger partial charge in [-0.1, -0.05) is 11.6 Å². The molecule has 0 aliphatic carbocycles. The molecule has 0 saturated carbocycles. The fraction of sp³-hybridized carbons (Fsp3) is 0.462. The molecule has 0 spiro atoms. The van der Waals surface area contributed by atoms with E-state index in [4.69, 9.17) is 11.6 Å². The van der Waals surface area contributed by atoms with E-state index in [9.17, 15) is 13.2 Å². The molecule has 1 saturated heterocycles. The molecule has 1 atom stereocenters. The van der Waals surface area contributed by atoms with E-state index in [0.717, 1.165) is 5.75 Å². The number of nitrogens with zero attached hydrogens (tertiary/aromatic N) is 1. The minimum atomic E-state index is -3.18. The van der Waals surface area contributed by atoms with E-state index < -0.39 is 15.2 Å². The van der Waals surface area contributed by atoms with Gasteiger partial charge in [0, 0.05) is 34.9 Å². The molecule has 0 N–H and O–H groups in total. The Labute approximate surface area is 128 Å². The second kappa shape index (κ2) is 6.47. The van der Waals surface area contributed by atoms with Crippen molar-refractivity contribution < 1.29 is 13.2 Å². The molecule has 1 aromatic rings. The van der Waals surface area contributed by atoms with Gasteiger partial charge in [0.1, 0.15) is 5.37 Å². The molecule has 0 aromatic heterocycles. The van der Waals surface area contributed by atoms with Gasteiger partial charge in [-0.05, 0) is 24.3 Å². The van der Waals surface area contributed by atoms with Crippen molar-refractivity contribution in [3.8, 4) is 0 Å². The average Bonchev–Trinajstić information content (AvgIpc) is 2.38. The number of hydrogen-bond acceptors (Lipinski definition) is 5. The number of rotatable bonds is 4. The lowest BCUT2D eigenvalue weighted by molar-refractivity contribution is 0.0928. The van der Waals surface area contributed by atoms with Gasteiger partial charge in [0.2, 0.25) is 0 Å². The Morgan fingerprint density at radius 2 is 2.05 bits per heavy atom. The van der Waals surface area contributed by atoms with E-state index in [1.54, 1.807) is 40.9 Å². The van der Waals surface area contributed by atoms with Crippen molar-refractivity contribution >= 4 is 39.0 Å². The van der Waals surface area contributed by atoms with Crippen LogP contribution in [0.5, 0.6) is 0 Å². The third-order valence-electron chi connectivity index (χ3n) is 3.20. The van der Waals surface area contributed by atoms with Crippen LogP contribution in [0, 0.1) is 0 Å². The lowest BCUT2D eigenvalue weighted by atomic mass is 10.1. The topological polar surface area (TPSA) is 54.5 Å². The fourth-order valence-corrected chi connectivity index (χ4v) is 5.17. The maximum atomic E-state index is 12.2. The first-order valence-electron chi connectivity index (χ1n) is 6.17. The standard InChI is InChI=1S/C13H16ClNO3S2/c1-20(17,18)13-9-19-7-6-15(13)8-12(16)10-2-4-11(14)5-3-10/h2-5,13H,6-9H2,1H3. The number of carbonyl (C=O) groups excluding carboxylic acids is 1. The summed E-state index contributed by atoms with van der Waals surface area (Å²) >= 11 is 7.40. The zero-order valence-corrected chi connectivity index (χ0v) is 13.5. The summed E-state index contributed by atoms with van der Waals surface area (Å²) in [7, 11) is -3.18. The molecule has 110 valence electrons. The van der Waals surface area contributed by atoms with Crippen LogP contribution in [0.4, 0.5) is 0 Å². The molecule has 1 aromatic carbocycles. The normalized spacial score (nSPS) is 20.8. The molecule has 1 unspecified atom stereocenters. The summed E-state index contributed by atoms with van der Waals surface area (Å²) in [6, 6.07) is 6.65. The van der Waals surface area contributed by atoms with Gasteiger partial charge in [-0.15, -0.1) is 0 Å². The summed E-state index contributed by atoms with van der Waals surface area (Å²) in [5.74, 6) is 1.29. The third kappa shape index (κ3) is 3.97. The maximum absolute atomic E-state index is 12.2. The Kier molecular flexibility index (Phi) is 5.12. The number of benzene rings is 1. The largest absolute Gasteiger partial charge is 0.293 e. The van der Waals surface area contributed by atoms with E-state index in [0.29, 0.717) is 22.9 Å². The van der Waals surface area contributed by atoms with E-state index in [1.165, 1.54) is 6.26 Å². The number of carbonyl (C=O) groups is 1. The highest BCUT2D eigenvalue weighted by molar-refractivity contribution is 8.00. The Morgan fingerprint density at radius 1 is 1.40 bits per heavy atom. The van der Waals surface area contributed by atoms with Crippen LogP contribution in [0.15, 0.2) is 24.3 Å². The first kappa shape index (κ1) is 15.8. The molecule has 1 fully saturated rings. The summed E-state index contributed by atoms with van der Waals surface area (Å²) in [4.78, 5) is 14.0. The summed E-state index contributed by atoms with van der Waals surface area (Å²) < 4.78 is 23.6. The van der Waals surface area contributed by atoms with Gasteiger partial charge < -0.3 is 0 Å². The van der Waals surface area contributed by atoms with Crippen LogP contribution in [0.1, 0.15) is 10.4 Å². The highest BCUT2D eigenvalue weighted by Gasteiger charge is 2.32. The van der Waals surface area contributed by atoms with Crippen LogP contribution < -0.4 is 0 Å². The summed E-state index contributed by atoms with van der Waals surface area (Å²) in [6.07, 6.45) is 1.23. The molecular formula is C13H16ClNO3S2. The van der Waals surface area contributed by atoms with Gasteiger partial charge in [-0.2, -0.15) is 11.8 Å². The Balaban J connectivity index is 2.11. The zero-order chi connectivity index (χ0) is 14.8. The van der Waals surface area contributed by atoms with Crippen molar-refractivity contribution in [2.75, 3.05) is 30.9 Å². The van der Waals surface area contributed by atoms with Gasteiger partial charge in [-0.3, -0.25) is 9.69 Å². The second-order valence-corrected chi connectivity index (χ2v) is 8.55. The minimum Gasteiger partial charge on any atom is -0.293 e. The zero-order valence-electron chi connectivity index (χ0n) is 11.1. The smallest absolute Gasteiger partial charge is 0.176 e. The molecule has 2 rings (SSSR count). The minimum absolute atomic E-state index is 0.0813. The quantitative estimate of drug-likeness (QED) is 0.788. The molecule has 0 radical (unpaired) electrons. The molecule has 0 amide bonds. The van der Waals surface area contributed by atoms with Crippen molar-refractivity contribution in [1.29, 1.82) is 0 Å². The van der Waals surface area contributed by atoms with Crippen molar-refractivity contribution in [2.45, 2.75) is 5.37 Å². The molecular weight excluding hydrogens is 318 g/mol. The third-order valence-corrected chi connectivity index (χ3v) is 6.14. The highest BCUT2D eigenvalue weighted by atomic mass is 35.5. The predicted molar refractivity (Wildman–Crippen MR) is 83.3 cm³/mol. The molecule has 1 aliphatic rings. The van der Waals surface area contributed by atoms with Gasteiger partial charge in [0.05, 0.1) is 6.54 Å². The molecule has 1 aliphatic heterocycles. The van der Waals surface area contributed by atoms with Crippen molar-refractivity contribution in [2.24, 2.45) is 0 Å². The SMILES string of the molecule is CS(=O)(=O)C1CSCCN1CC(=O)c1ccc(Cl)cc1. The first-order chi connectivity index (χ1) is 9.38. The van der Waals surface area contributed by atoms with Crippen LogP contribution in [0.2, 0.25) is 5.02 Å². The number of sulfone groups is 1. The van der Waals surface area contributed by atoms with Crippen LogP contribution in [0.25, 0.3) is 0 Å². The van der Waals surface area contributed by atoms with Crippen molar-refractivity contribution in [3.63, 3.8) is 0 Å². The molecule has 20 heavy (non-hydrogen) atoms.